The van der Waals surface area contributed by atoms with E-state index >= 15 is 0 Å². The second kappa shape index (κ2) is 7.62. The summed E-state index contributed by atoms with van der Waals surface area (Å²) >= 11 is 1.28. The molecule has 0 unspecified atom stereocenters. The highest BCUT2D eigenvalue weighted by Crippen LogP contribution is 2.10. The monoisotopic (exact) mass is 272 g/mol. The van der Waals surface area contributed by atoms with Crippen molar-refractivity contribution in [2.45, 2.75) is 6.42 Å². The van der Waals surface area contributed by atoms with Gasteiger partial charge in [-0.2, -0.15) is 0 Å². The number of carbonyl (C=O) groups is 1. The van der Waals surface area contributed by atoms with Gasteiger partial charge in [0.15, 0.2) is 0 Å². The van der Waals surface area contributed by atoms with Crippen LogP contribution in [0, 0.1) is 0 Å². The zero-order chi connectivity index (χ0) is 13.4. The van der Waals surface area contributed by atoms with E-state index in [0.29, 0.717) is 31.0 Å². The number of aromatic nitrogens is 1. The van der Waals surface area contributed by atoms with Crippen molar-refractivity contribution in [3.8, 4) is 0 Å². The molecule has 0 aliphatic heterocycles. The van der Waals surface area contributed by atoms with E-state index in [9.17, 15) is 4.79 Å². The standard InChI is InChI=1S/C10H16N4O3S/c1-17-5-4-14(3-2-9(11)13-16)10(15)8-6-12-7-18-8/h6-7,16H,2-5H2,1H3,(H2,11,13). The SMILES string of the molecule is COCCN(CCC(N)=NO)C(=O)c1cncs1. The Morgan fingerprint density at radius 3 is 3.00 bits per heavy atom. The number of oxime groups is 1. The van der Waals surface area contributed by atoms with Crippen LogP contribution in [0.25, 0.3) is 0 Å². The molecule has 0 aliphatic carbocycles. The molecule has 3 N–H and O–H groups in total. The van der Waals surface area contributed by atoms with E-state index in [-0.39, 0.29) is 11.7 Å². The number of amides is 1. The molecular weight excluding hydrogens is 256 g/mol. The van der Waals surface area contributed by atoms with Gasteiger partial charge in [0.2, 0.25) is 0 Å². The molecule has 0 spiro atoms. The van der Waals surface area contributed by atoms with Crippen LogP contribution in [-0.2, 0) is 4.74 Å². The van der Waals surface area contributed by atoms with Crippen LogP contribution in [0.3, 0.4) is 0 Å². The zero-order valence-corrected chi connectivity index (χ0v) is 10.9. The molecule has 8 heteroatoms. The summed E-state index contributed by atoms with van der Waals surface area (Å²) in [6, 6.07) is 0. The Bertz CT molecular complexity index is 394. The van der Waals surface area contributed by atoms with Gasteiger partial charge >= 0.3 is 0 Å². The Hall–Kier alpha value is -1.67. The van der Waals surface area contributed by atoms with Crippen molar-refractivity contribution in [1.29, 1.82) is 0 Å². The Labute approximate surface area is 109 Å². The Morgan fingerprint density at radius 1 is 1.67 bits per heavy atom. The summed E-state index contributed by atoms with van der Waals surface area (Å²) < 4.78 is 4.96. The van der Waals surface area contributed by atoms with Crippen LogP contribution in [0.15, 0.2) is 16.9 Å². The predicted octanol–water partition coefficient (Wildman–Crippen LogP) is 0.368. The number of ether oxygens (including phenoxy) is 1. The number of hydrogen-bond donors (Lipinski definition) is 2. The number of methoxy groups -OCH3 is 1. The number of rotatable bonds is 7. The Balaban J connectivity index is 2.62. The van der Waals surface area contributed by atoms with Gasteiger partial charge < -0.3 is 20.6 Å². The lowest BCUT2D eigenvalue weighted by Crippen LogP contribution is -2.36. The van der Waals surface area contributed by atoms with E-state index < -0.39 is 0 Å². The highest BCUT2D eigenvalue weighted by atomic mass is 32.1. The lowest BCUT2D eigenvalue weighted by Gasteiger charge is -2.21. The highest BCUT2D eigenvalue weighted by molar-refractivity contribution is 7.11. The fourth-order valence-corrected chi connectivity index (χ4v) is 1.88. The largest absolute Gasteiger partial charge is 0.409 e. The molecule has 1 rings (SSSR count). The minimum absolute atomic E-state index is 0.0921. The third-order valence-corrected chi connectivity index (χ3v) is 3.02. The van der Waals surface area contributed by atoms with E-state index in [4.69, 9.17) is 15.7 Å². The van der Waals surface area contributed by atoms with Crippen molar-refractivity contribution in [2.24, 2.45) is 10.9 Å². The minimum Gasteiger partial charge on any atom is -0.409 e. The molecule has 100 valence electrons. The maximum absolute atomic E-state index is 12.1. The first kappa shape index (κ1) is 14.4. The third-order valence-electron chi connectivity index (χ3n) is 2.26. The Kier molecular flexibility index (Phi) is 6.09. The quantitative estimate of drug-likeness (QED) is 0.323. The number of carbonyl (C=O) groups excluding carboxylic acids is 1. The van der Waals surface area contributed by atoms with Gasteiger partial charge in [0.05, 0.1) is 18.3 Å². The van der Waals surface area contributed by atoms with Gasteiger partial charge in [0.1, 0.15) is 10.7 Å². The van der Waals surface area contributed by atoms with Gasteiger partial charge in [-0.1, -0.05) is 5.16 Å². The van der Waals surface area contributed by atoms with E-state index in [2.05, 4.69) is 10.1 Å². The molecule has 1 aromatic rings. The minimum atomic E-state index is -0.125. The lowest BCUT2D eigenvalue weighted by atomic mass is 10.3. The van der Waals surface area contributed by atoms with Crippen LogP contribution in [0.5, 0.6) is 0 Å². The summed E-state index contributed by atoms with van der Waals surface area (Å²) in [4.78, 5) is 18.1. The van der Waals surface area contributed by atoms with Crippen molar-refractivity contribution < 1.29 is 14.7 Å². The third kappa shape index (κ3) is 4.30. The second-order valence-electron chi connectivity index (χ2n) is 3.49. The molecule has 0 aromatic carbocycles. The van der Waals surface area contributed by atoms with Crippen LogP contribution in [0.1, 0.15) is 16.1 Å². The predicted molar refractivity (Wildman–Crippen MR) is 67.9 cm³/mol. The first-order valence-corrected chi connectivity index (χ1v) is 6.20. The van der Waals surface area contributed by atoms with Crippen molar-refractivity contribution in [3.63, 3.8) is 0 Å². The maximum atomic E-state index is 12.1. The summed E-state index contributed by atoms with van der Waals surface area (Å²) in [5, 5.41) is 11.4. The van der Waals surface area contributed by atoms with Crippen molar-refractivity contribution in [1.82, 2.24) is 9.88 Å². The summed E-state index contributed by atoms with van der Waals surface area (Å²) in [5.41, 5.74) is 6.99. The van der Waals surface area contributed by atoms with Crippen LogP contribution in [0.4, 0.5) is 0 Å². The first-order chi connectivity index (χ1) is 8.69. The van der Waals surface area contributed by atoms with E-state index in [0.717, 1.165) is 0 Å². The zero-order valence-electron chi connectivity index (χ0n) is 10.1. The number of nitrogens with two attached hydrogens (primary N) is 1. The number of thiazole rings is 1. The first-order valence-electron chi connectivity index (χ1n) is 5.32. The molecule has 0 saturated heterocycles. The maximum Gasteiger partial charge on any atom is 0.265 e. The molecule has 0 aliphatic rings. The molecule has 0 bridgehead atoms. The molecule has 7 nitrogen and oxygen atoms in total. The summed E-state index contributed by atoms with van der Waals surface area (Å²) in [5.74, 6) is -0.0326. The van der Waals surface area contributed by atoms with Gasteiger partial charge in [0, 0.05) is 26.6 Å². The normalized spacial score (nSPS) is 11.5. The van der Waals surface area contributed by atoms with Gasteiger partial charge in [-0.25, -0.2) is 0 Å². The Morgan fingerprint density at radius 2 is 2.44 bits per heavy atom. The summed E-state index contributed by atoms with van der Waals surface area (Å²) in [7, 11) is 1.57. The van der Waals surface area contributed by atoms with Gasteiger partial charge in [-0.3, -0.25) is 9.78 Å². The number of nitrogens with zero attached hydrogens (tertiary/aromatic N) is 3. The molecule has 0 saturated carbocycles. The van der Waals surface area contributed by atoms with E-state index in [1.807, 2.05) is 0 Å². The average Bonchev–Trinajstić information content (AvgIpc) is 2.91. The lowest BCUT2D eigenvalue weighted by molar-refractivity contribution is 0.0705. The molecule has 1 aromatic heterocycles. The fourth-order valence-electron chi connectivity index (χ4n) is 1.29. The van der Waals surface area contributed by atoms with Crippen LogP contribution in [-0.4, -0.2) is 53.6 Å². The van der Waals surface area contributed by atoms with Crippen molar-refractivity contribution in [2.75, 3.05) is 26.8 Å². The van der Waals surface area contributed by atoms with E-state index in [1.165, 1.54) is 17.5 Å². The molecule has 0 atom stereocenters. The fraction of sp³-hybridized carbons (Fsp3) is 0.500. The highest BCUT2D eigenvalue weighted by Gasteiger charge is 2.17. The van der Waals surface area contributed by atoms with Crippen LogP contribution in [0.2, 0.25) is 0 Å². The molecule has 0 fully saturated rings. The van der Waals surface area contributed by atoms with Gasteiger partial charge in [0.25, 0.3) is 5.91 Å². The van der Waals surface area contributed by atoms with Gasteiger partial charge in [-0.15, -0.1) is 11.3 Å². The van der Waals surface area contributed by atoms with Crippen LogP contribution < -0.4 is 5.73 Å². The topological polar surface area (TPSA) is 101 Å². The molecule has 1 heterocycles. The van der Waals surface area contributed by atoms with Crippen LogP contribution >= 0.6 is 11.3 Å². The molecule has 18 heavy (non-hydrogen) atoms. The summed E-state index contributed by atoms with van der Waals surface area (Å²) in [6.45, 7) is 1.25. The number of hydrogen-bond acceptors (Lipinski definition) is 6. The summed E-state index contributed by atoms with van der Waals surface area (Å²) in [6.07, 6.45) is 1.83. The smallest absolute Gasteiger partial charge is 0.265 e. The van der Waals surface area contributed by atoms with Gasteiger partial charge in [-0.05, 0) is 0 Å². The molecule has 0 radical (unpaired) electrons. The number of amidine groups is 1. The van der Waals surface area contributed by atoms with E-state index in [1.54, 1.807) is 17.5 Å². The molecular formula is C10H16N4O3S. The average molecular weight is 272 g/mol. The van der Waals surface area contributed by atoms with Crippen molar-refractivity contribution in [3.05, 3.63) is 16.6 Å². The molecule has 1 amide bonds. The second-order valence-corrected chi connectivity index (χ2v) is 4.38. The van der Waals surface area contributed by atoms with Crippen molar-refractivity contribution >= 4 is 23.1 Å².